The minimum atomic E-state index is -0.412. The minimum Gasteiger partial charge on any atom is -0.496 e. The molecule has 1 rings (SSSR count). The Morgan fingerprint density at radius 3 is 1.65 bits per heavy atom. The second-order valence-electron chi connectivity index (χ2n) is 9.14. The lowest BCUT2D eigenvalue weighted by Crippen LogP contribution is -2.20. The third-order valence-corrected chi connectivity index (χ3v) is 4.33. The average Bonchev–Trinajstić information content (AvgIpc) is 2.41. The van der Waals surface area contributed by atoms with Crippen molar-refractivity contribution < 1.29 is 9.84 Å². The van der Waals surface area contributed by atoms with Gasteiger partial charge in [-0.15, -0.1) is 0 Å². The monoisotopic (exact) mass is 320 g/mol. The van der Waals surface area contributed by atoms with Crippen LogP contribution < -0.4 is 4.74 Å². The fourth-order valence-electron chi connectivity index (χ4n) is 2.84. The highest BCUT2D eigenvalue weighted by molar-refractivity contribution is 5.51. The highest BCUT2D eigenvalue weighted by Crippen LogP contribution is 2.42. The first-order valence-electron chi connectivity index (χ1n) is 8.79. The second kappa shape index (κ2) is 7.25. The molecule has 0 heterocycles. The summed E-state index contributed by atoms with van der Waals surface area (Å²) in [6.07, 6.45) is 1.42. The number of rotatable bonds is 5. The van der Waals surface area contributed by atoms with Gasteiger partial charge in [0.15, 0.2) is 0 Å². The van der Waals surface area contributed by atoms with E-state index in [4.69, 9.17) is 4.74 Å². The third-order valence-electron chi connectivity index (χ3n) is 4.33. The van der Waals surface area contributed by atoms with Crippen molar-refractivity contribution in [2.24, 2.45) is 5.92 Å². The summed E-state index contributed by atoms with van der Waals surface area (Å²) >= 11 is 0. The zero-order valence-corrected chi connectivity index (χ0v) is 16.6. The van der Waals surface area contributed by atoms with Crippen molar-refractivity contribution >= 4 is 0 Å². The SMILES string of the molecule is COc1c(C(C)(C)C)cc(C(O)CCC(C)C)cc1C(C)(C)C. The van der Waals surface area contributed by atoms with E-state index in [-0.39, 0.29) is 10.8 Å². The maximum absolute atomic E-state index is 10.7. The van der Waals surface area contributed by atoms with Crippen molar-refractivity contribution in [3.05, 3.63) is 28.8 Å². The van der Waals surface area contributed by atoms with E-state index in [9.17, 15) is 5.11 Å². The average molecular weight is 321 g/mol. The molecule has 1 unspecified atom stereocenters. The van der Waals surface area contributed by atoms with E-state index >= 15 is 0 Å². The van der Waals surface area contributed by atoms with Crippen LogP contribution in [0.4, 0.5) is 0 Å². The predicted molar refractivity (Wildman–Crippen MR) is 99.4 cm³/mol. The Labute approximate surface area is 143 Å². The molecule has 0 aliphatic rings. The number of benzene rings is 1. The van der Waals surface area contributed by atoms with Gasteiger partial charge in [-0.05, 0) is 47.3 Å². The molecule has 0 saturated carbocycles. The van der Waals surface area contributed by atoms with Gasteiger partial charge in [-0.1, -0.05) is 55.4 Å². The van der Waals surface area contributed by atoms with Gasteiger partial charge in [-0.2, -0.15) is 0 Å². The first-order chi connectivity index (χ1) is 10.4. The van der Waals surface area contributed by atoms with Crippen molar-refractivity contribution in [3.8, 4) is 5.75 Å². The smallest absolute Gasteiger partial charge is 0.126 e. The van der Waals surface area contributed by atoms with E-state index in [2.05, 4.69) is 67.5 Å². The fourth-order valence-corrected chi connectivity index (χ4v) is 2.84. The van der Waals surface area contributed by atoms with Crippen molar-refractivity contribution in [1.29, 1.82) is 0 Å². The van der Waals surface area contributed by atoms with Gasteiger partial charge in [0.2, 0.25) is 0 Å². The first-order valence-corrected chi connectivity index (χ1v) is 8.79. The van der Waals surface area contributed by atoms with Crippen molar-refractivity contribution in [3.63, 3.8) is 0 Å². The maximum atomic E-state index is 10.7. The van der Waals surface area contributed by atoms with Crippen LogP contribution in [0.3, 0.4) is 0 Å². The van der Waals surface area contributed by atoms with Crippen LogP contribution in [0.5, 0.6) is 5.75 Å². The lowest BCUT2D eigenvalue weighted by molar-refractivity contribution is 0.158. The Morgan fingerprint density at radius 2 is 1.35 bits per heavy atom. The van der Waals surface area contributed by atoms with Gasteiger partial charge in [0.05, 0.1) is 13.2 Å². The Hall–Kier alpha value is -1.02. The van der Waals surface area contributed by atoms with E-state index in [1.807, 2.05) is 0 Å². The molecule has 0 radical (unpaired) electrons. The molecule has 0 saturated heterocycles. The fraction of sp³-hybridized carbons (Fsp3) is 0.714. The van der Waals surface area contributed by atoms with Crippen LogP contribution in [0, 0.1) is 5.92 Å². The molecule has 0 aliphatic heterocycles. The molecule has 1 atom stereocenters. The molecule has 1 aromatic rings. The molecular formula is C21H36O2. The normalized spacial score (nSPS) is 14.2. The summed E-state index contributed by atoms with van der Waals surface area (Å²) < 4.78 is 5.78. The Morgan fingerprint density at radius 1 is 0.913 bits per heavy atom. The number of hydrogen-bond acceptors (Lipinski definition) is 2. The summed E-state index contributed by atoms with van der Waals surface area (Å²) in [4.78, 5) is 0. The highest BCUT2D eigenvalue weighted by Gasteiger charge is 2.28. The molecule has 0 spiro atoms. The number of hydrogen-bond donors (Lipinski definition) is 1. The maximum Gasteiger partial charge on any atom is 0.126 e. The van der Waals surface area contributed by atoms with E-state index in [0.717, 1.165) is 24.2 Å². The third kappa shape index (κ3) is 5.24. The summed E-state index contributed by atoms with van der Waals surface area (Å²) in [5.74, 6) is 1.57. The van der Waals surface area contributed by atoms with Crippen LogP contribution in [0.15, 0.2) is 12.1 Å². The molecule has 0 fully saturated rings. The molecule has 23 heavy (non-hydrogen) atoms. The lowest BCUT2D eigenvalue weighted by Gasteiger charge is -2.30. The van der Waals surface area contributed by atoms with Crippen LogP contribution >= 0.6 is 0 Å². The van der Waals surface area contributed by atoms with E-state index in [1.54, 1.807) is 7.11 Å². The first kappa shape index (κ1) is 20.0. The number of methoxy groups -OCH3 is 1. The molecule has 1 N–H and O–H groups in total. The van der Waals surface area contributed by atoms with Crippen molar-refractivity contribution in [2.75, 3.05) is 7.11 Å². The van der Waals surface area contributed by atoms with Gasteiger partial charge in [0.25, 0.3) is 0 Å². The Kier molecular flexibility index (Phi) is 6.32. The van der Waals surface area contributed by atoms with Gasteiger partial charge >= 0.3 is 0 Å². The largest absolute Gasteiger partial charge is 0.496 e. The molecule has 2 heteroatoms. The Balaban J connectivity index is 3.44. The van der Waals surface area contributed by atoms with Crippen LogP contribution in [0.2, 0.25) is 0 Å². The molecule has 0 aromatic heterocycles. The molecule has 132 valence electrons. The van der Waals surface area contributed by atoms with Crippen molar-refractivity contribution in [2.45, 2.75) is 85.2 Å². The number of aliphatic hydroxyl groups is 1. The standard InChI is InChI=1S/C21H36O2/c1-14(2)10-11-18(22)15-12-16(20(3,4)5)19(23-9)17(13-15)21(6,7)8/h12-14,18,22H,10-11H2,1-9H3. The summed E-state index contributed by atoms with van der Waals surface area (Å²) in [7, 11) is 1.74. The minimum absolute atomic E-state index is 0.0286. The van der Waals surface area contributed by atoms with Crippen LogP contribution in [-0.2, 0) is 10.8 Å². The van der Waals surface area contributed by atoms with E-state index in [1.165, 1.54) is 11.1 Å². The quantitative estimate of drug-likeness (QED) is 0.747. The molecular weight excluding hydrogens is 284 g/mol. The molecule has 1 aromatic carbocycles. The van der Waals surface area contributed by atoms with Crippen molar-refractivity contribution in [1.82, 2.24) is 0 Å². The molecule has 0 amide bonds. The topological polar surface area (TPSA) is 29.5 Å². The van der Waals surface area contributed by atoms with Crippen LogP contribution in [-0.4, -0.2) is 12.2 Å². The van der Waals surface area contributed by atoms with E-state index in [0.29, 0.717) is 5.92 Å². The second-order valence-corrected chi connectivity index (χ2v) is 9.14. The summed E-state index contributed by atoms with van der Waals surface area (Å²) in [5.41, 5.74) is 3.30. The molecule has 2 nitrogen and oxygen atoms in total. The van der Waals surface area contributed by atoms with E-state index < -0.39 is 6.10 Å². The van der Waals surface area contributed by atoms with Crippen LogP contribution in [0.1, 0.15) is 91.0 Å². The van der Waals surface area contributed by atoms with Gasteiger partial charge in [-0.25, -0.2) is 0 Å². The van der Waals surface area contributed by atoms with Gasteiger partial charge in [0, 0.05) is 11.1 Å². The molecule has 0 aliphatic carbocycles. The van der Waals surface area contributed by atoms with Gasteiger partial charge in [0.1, 0.15) is 5.75 Å². The zero-order chi connectivity index (χ0) is 18.0. The number of ether oxygens (including phenoxy) is 1. The molecule has 0 bridgehead atoms. The predicted octanol–water partition coefficient (Wildman–Crippen LogP) is 5.76. The summed E-state index contributed by atoms with van der Waals surface area (Å²) in [6, 6.07) is 4.28. The Bertz CT molecular complexity index is 481. The number of aliphatic hydroxyl groups excluding tert-OH is 1. The lowest BCUT2D eigenvalue weighted by atomic mass is 9.77. The summed E-state index contributed by atoms with van der Waals surface area (Å²) in [6.45, 7) is 17.6. The summed E-state index contributed by atoms with van der Waals surface area (Å²) in [5, 5.41) is 10.7. The zero-order valence-electron chi connectivity index (χ0n) is 16.6. The van der Waals surface area contributed by atoms with Crippen LogP contribution in [0.25, 0.3) is 0 Å². The van der Waals surface area contributed by atoms with Gasteiger partial charge < -0.3 is 9.84 Å². The van der Waals surface area contributed by atoms with Gasteiger partial charge in [-0.3, -0.25) is 0 Å². The highest BCUT2D eigenvalue weighted by atomic mass is 16.5.